The Bertz CT molecular complexity index is 1600. The summed E-state index contributed by atoms with van der Waals surface area (Å²) in [4.78, 5) is 70.6. The molecular weight excluding hydrogens is 819 g/mol. The molecule has 14 atom stereocenters. The molecule has 0 unspecified atom stereocenters. The van der Waals surface area contributed by atoms with Crippen molar-refractivity contribution in [3.63, 3.8) is 0 Å². The zero-order valence-electron chi connectivity index (χ0n) is 38.8. The van der Waals surface area contributed by atoms with E-state index in [9.17, 15) is 34.2 Å². The standard InChI is InChI=1S/C47H75NO13S/c1-11-33-20-27(3)19-28(4)21-39(57-9)43-40(58-10)23-30(6)47(55,61-43)44(52)45(53)48-18-14-13-15-34(48)46(54)60-42(31(7)35(49)25-36(33)50)29(5)22-32-16-17-37(38(24-32)56-8)59-41(51)26-62-12-2/h20,22,28,30-35,37-40,42-43,49,55H,11-19,21,23-26H2,1-10H3/b27-20+,29-22-/t28-,30+,31+,32-,33+,34-,35-,37+,38+,39-,40-,42+,43+,47+/m0/s1. The summed E-state index contributed by atoms with van der Waals surface area (Å²) in [5.74, 6) is -6.87. The summed E-state index contributed by atoms with van der Waals surface area (Å²) >= 11 is 1.50. The van der Waals surface area contributed by atoms with Gasteiger partial charge in [-0.25, -0.2) is 4.79 Å². The van der Waals surface area contributed by atoms with Crippen LogP contribution in [0.4, 0.5) is 0 Å². The molecule has 0 aromatic rings. The van der Waals surface area contributed by atoms with Crippen molar-refractivity contribution in [1.82, 2.24) is 4.90 Å². The van der Waals surface area contributed by atoms with E-state index in [1.165, 1.54) is 30.9 Å². The summed E-state index contributed by atoms with van der Waals surface area (Å²) in [7, 11) is 4.65. The fourth-order valence-electron chi connectivity index (χ4n) is 9.90. The summed E-state index contributed by atoms with van der Waals surface area (Å²) in [6, 6.07) is -1.15. The van der Waals surface area contributed by atoms with Gasteiger partial charge in [0.15, 0.2) is 0 Å². The number of ketones is 2. The maximum absolute atomic E-state index is 14.4. The van der Waals surface area contributed by atoms with E-state index < -0.39 is 83.9 Å². The number of allylic oxidation sites excluding steroid dienone is 3. The molecule has 0 aromatic heterocycles. The first-order chi connectivity index (χ1) is 29.4. The monoisotopic (exact) mass is 893 g/mol. The second-order valence-electron chi connectivity index (χ2n) is 18.3. The highest BCUT2D eigenvalue weighted by atomic mass is 32.2. The Morgan fingerprint density at radius 1 is 0.935 bits per heavy atom. The molecule has 352 valence electrons. The van der Waals surface area contributed by atoms with E-state index in [-0.39, 0.29) is 61.3 Å². The van der Waals surface area contributed by atoms with Gasteiger partial charge < -0.3 is 43.5 Å². The zero-order chi connectivity index (χ0) is 45.9. The molecule has 0 spiro atoms. The van der Waals surface area contributed by atoms with Gasteiger partial charge in [-0.2, -0.15) is 11.8 Å². The minimum Gasteiger partial charge on any atom is -0.459 e. The molecule has 4 aliphatic rings. The van der Waals surface area contributed by atoms with Gasteiger partial charge in [0.25, 0.3) is 11.7 Å². The number of cyclic esters (lactones) is 1. The van der Waals surface area contributed by atoms with Crippen molar-refractivity contribution in [2.24, 2.45) is 29.6 Å². The smallest absolute Gasteiger partial charge is 0.329 e. The Kier molecular flexibility index (Phi) is 20.1. The number of ether oxygens (including phenoxy) is 6. The maximum Gasteiger partial charge on any atom is 0.329 e. The molecule has 3 aliphatic heterocycles. The highest BCUT2D eigenvalue weighted by Gasteiger charge is 2.56. The fourth-order valence-corrected chi connectivity index (χ4v) is 10.3. The number of amides is 1. The van der Waals surface area contributed by atoms with Gasteiger partial charge >= 0.3 is 11.9 Å². The lowest BCUT2D eigenvalue weighted by molar-refractivity contribution is -0.302. The minimum atomic E-state index is -2.52. The van der Waals surface area contributed by atoms with Gasteiger partial charge in [0, 0.05) is 52.0 Å². The van der Waals surface area contributed by atoms with Crippen LogP contribution in [0.25, 0.3) is 0 Å². The van der Waals surface area contributed by atoms with E-state index in [0.29, 0.717) is 56.9 Å². The Hall–Kier alpha value is -2.66. The van der Waals surface area contributed by atoms with Crippen molar-refractivity contribution in [1.29, 1.82) is 0 Å². The molecule has 14 nitrogen and oxygen atoms in total. The lowest BCUT2D eigenvalue weighted by atomic mass is 9.81. The van der Waals surface area contributed by atoms with E-state index >= 15 is 0 Å². The molecule has 0 aromatic carbocycles. The van der Waals surface area contributed by atoms with Crippen LogP contribution in [0.5, 0.6) is 0 Å². The molecule has 3 fully saturated rings. The Labute approximate surface area is 373 Å². The minimum absolute atomic E-state index is 0.0244. The average molecular weight is 894 g/mol. The molecule has 1 aliphatic carbocycles. The number of carbonyl (C=O) groups is 5. The summed E-state index contributed by atoms with van der Waals surface area (Å²) in [6.07, 6.45) is 3.72. The van der Waals surface area contributed by atoms with E-state index in [4.69, 9.17) is 28.4 Å². The topological polar surface area (TPSA) is 184 Å². The van der Waals surface area contributed by atoms with Crippen molar-refractivity contribution in [3.8, 4) is 0 Å². The number of aliphatic hydroxyl groups excluding tert-OH is 1. The van der Waals surface area contributed by atoms with Gasteiger partial charge in [-0.1, -0.05) is 52.3 Å². The van der Waals surface area contributed by atoms with Crippen molar-refractivity contribution in [2.75, 3.05) is 39.4 Å². The Morgan fingerprint density at radius 3 is 2.26 bits per heavy atom. The Morgan fingerprint density at radius 2 is 1.61 bits per heavy atom. The van der Waals surface area contributed by atoms with Gasteiger partial charge in [-0.05, 0) is 101 Å². The number of hydrogen-bond acceptors (Lipinski definition) is 14. The van der Waals surface area contributed by atoms with Gasteiger partial charge in [0.05, 0.1) is 30.2 Å². The quantitative estimate of drug-likeness (QED) is 0.153. The van der Waals surface area contributed by atoms with Crippen LogP contribution in [-0.2, 0) is 52.4 Å². The molecule has 2 saturated heterocycles. The molecule has 4 rings (SSSR count). The molecule has 1 amide bonds. The fraction of sp³-hybridized carbons (Fsp3) is 0.809. The van der Waals surface area contributed by atoms with Crippen molar-refractivity contribution >= 4 is 41.2 Å². The second-order valence-corrected chi connectivity index (χ2v) is 19.5. The summed E-state index contributed by atoms with van der Waals surface area (Å²) in [5, 5.41) is 23.9. The van der Waals surface area contributed by atoms with Crippen LogP contribution in [-0.4, -0.2) is 138 Å². The number of Topliss-reactive ketones (excluding diaryl/α,β-unsaturated/α-hetero) is 2. The van der Waals surface area contributed by atoms with E-state index in [1.54, 1.807) is 21.0 Å². The van der Waals surface area contributed by atoms with Crippen LogP contribution < -0.4 is 0 Å². The molecular formula is C47H75NO13S. The molecule has 0 radical (unpaired) electrons. The van der Waals surface area contributed by atoms with Gasteiger partial charge in [0.2, 0.25) is 5.79 Å². The molecule has 3 heterocycles. The Balaban J connectivity index is 1.72. The zero-order valence-corrected chi connectivity index (χ0v) is 39.6. The molecule has 2 bridgehead atoms. The van der Waals surface area contributed by atoms with Crippen LogP contribution in [0.1, 0.15) is 119 Å². The number of esters is 2. The first-order valence-corrected chi connectivity index (χ1v) is 24.0. The van der Waals surface area contributed by atoms with Crippen molar-refractivity contribution < 1.29 is 62.6 Å². The van der Waals surface area contributed by atoms with Gasteiger partial charge in [-0.3, -0.25) is 19.2 Å². The molecule has 1 saturated carbocycles. The number of fused-ring (bicyclic) bond motifs is 3. The van der Waals surface area contributed by atoms with E-state index in [2.05, 4.69) is 0 Å². The number of rotatable bonds is 10. The molecule has 2 N–H and O–H groups in total. The number of aliphatic hydroxyl groups is 2. The van der Waals surface area contributed by atoms with Crippen molar-refractivity contribution in [3.05, 3.63) is 23.3 Å². The van der Waals surface area contributed by atoms with Crippen LogP contribution in [0.2, 0.25) is 0 Å². The van der Waals surface area contributed by atoms with E-state index in [1.807, 2.05) is 46.8 Å². The van der Waals surface area contributed by atoms with Gasteiger partial charge in [-0.15, -0.1) is 0 Å². The lowest BCUT2D eigenvalue weighted by Gasteiger charge is -2.47. The molecule has 62 heavy (non-hydrogen) atoms. The number of piperidine rings is 1. The summed E-state index contributed by atoms with van der Waals surface area (Å²) in [6.45, 7) is 13.2. The van der Waals surface area contributed by atoms with Crippen LogP contribution in [0, 0.1) is 29.6 Å². The normalized spacial score (nSPS) is 38.6. The number of methoxy groups -OCH3 is 3. The highest BCUT2D eigenvalue weighted by molar-refractivity contribution is 7.99. The lowest BCUT2D eigenvalue weighted by Crippen LogP contribution is -2.64. The van der Waals surface area contributed by atoms with Gasteiger partial charge in [0.1, 0.15) is 30.1 Å². The number of carbonyl (C=O) groups excluding carboxylic acids is 5. The van der Waals surface area contributed by atoms with E-state index in [0.717, 1.165) is 11.3 Å². The second kappa shape index (κ2) is 24.0. The summed E-state index contributed by atoms with van der Waals surface area (Å²) < 4.78 is 35.9. The summed E-state index contributed by atoms with van der Waals surface area (Å²) in [5.41, 5.74) is 1.64. The largest absolute Gasteiger partial charge is 0.459 e. The third-order valence-electron chi connectivity index (χ3n) is 13.6. The predicted octanol–water partition coefficient (Wildman–Crippen LogP) is 5.78. The highest BCUT2D eigenvalue weighted by Crippen LogP contribution is 2.39. The third kappa shape index (κ3) is 13.0. The third-order valence-corrected chi connectivity index (χ3v) is 14.4. The number of thioether (sulfide) groups is 1. The predicted molar refractivity (Wildman–Crippen MR) is 235 cm³/mol. The van der Waals surface area contributed by atoms with Crippen LogP contribution in [0.15, 0.2) is 23.3 Å². The van der Waals surface area contributed by atoms with Crippen LogP contribution >= 0.6 is 11.8 Å². The van der Waals surface area contributed by atoms with Crippen molar-refractivity contribution in [2.45, 2.75) is 174 Å². The van der Waals surface area contributed by atoms with Crippen LogP contribution in [0.3, 0.4) is 0 Å². The SMILES string of the molecule is CCSCC(=O)O[C@@H]1CC[C@@H](/C=C(/C)[C@H]2OC(=O)[C@@H]3CCCCN3C(=O)C(=O)[C@]3(O)O[C@H]([C@@H](OC)C[C@@H](C)C/C(C)=C/[C@@H](CC)C(=O)C[C@H](O)[C@H]2C)[C@@H](OC)C[C@H]3C)C[C@H]1OC. The average Bonchev–Trinajstić information content (AvgIpc) is 3.25. The number of hydrogen-bond donors (Lipinski definition) is 2. The first-order valence-electron chi connectivity index (χ1n) is 22.8. The first kappa shape index (κ1) is 52.0. The number of nitrogens with zero attached hydrogens (tertiary/aromatic N) is 1. The molecule has 15 heteroatoms. The maximum atomic E-state index is 14.4.